The second-order valence-corrected chi connectivity index (χ2v) is 7.29. The lowest BCUT2D eigenvalue weighted by Gasteiger charge is -2.22. The topological polar surface area (TPSA) is 108 Å². The van der Waals surface area contributed by atoms with Crippen LogP contribution in [0.5, 0.6) is 0 Å². The van der Waals surface area contributed by atoms with Crippen molar-refractivity contribution >= 4 is 18.3 Å². The Morgan fingerprint density at radius 3 is 2.09 bits per heavy atom. The van der Waals surface area contributed by atoms with Gasteiger partial charge in [0.1, 0.15) is 19.9 Å². The minimum absolute atomic E-state index is 0.0656. The summed E-state index contributed by atoms with van der Waals surface area (Å²) in [6, 6.07) is 18.0. The van der Waals surface area contributed by atoms with E-state index in [-0.39, 0.29) is 26.3 Å². The molecule has 3 rings (SSSR count). The van der Waals surface area contributed by atoms with Gasteiger partial charge in [0.2, 0.25) is 0 Å². The SMILES string of the molecule is C[C@H](CC1=CN(C(=O)O)CN1C(=O)OCc1ccccc1)NC(=O)OCc1ccccc1. The van der Waals surface area contributed by atoms with Crippen LogP contribution in [0.25, 0.3) is 0 Å². The molecule has 0 fully saturated rings. The quantitative estimate of drug-likeness (QED) is 0.672. The van der Waals surface area contributed by atoms with E-state index in [9.17, 15) is 19.5 Å². The van der Waals surface area contributed by atoms with E-state index in [2.05, 4.69) is 5.32 Å². The third kappa shape index (κ3) is 6.49. The molecule has 2 aromatic carbocycles. The normalized spacial score (nSPS) is 13.8. The van der Waals surface area contributed by atoms with Crippen molar-refractivity contribution in [3.63, 3.8) is 0 Å². The number of carbonyl (C=O) groups is 3. The molecule has 1 aliphatic heterocycles. The Bertz CT molecular complexity index is 964. The molecular weight excluding hydrogens is 414 g/mol. The summed E-state index contributed by atoms with van der Waals surface area (Å²) in [6.45, 7) is 1.76. The van der Waals surface area contributed by atoms with Gasteiger partial charge in [0.15, 0.2) is 0 Å². The number of nitrogens with one attached hydrogen (secondary N) is 1. The average Bonchev–Trinajstić information content (AvgIpc) is 3.21. The van der Waals surface area contributed by atoms with Crippen molar-refractivity contribution in [3.05, 3.63) is 83.7 Å². The highest BCUT2D eigenvalue weighted by atomic mass is 16.6. The van der Waals surface area contributed by atoms with Crippen molar-refractivity contribution in [2.75, 3.05) is 6.67 Å². The van der Waals surface area contributed by atoms with Gasteiger partial charge >= 0.3 is 18.3 Å². The Morgan fingerprint density at radius 2 is 1.53 bits per heavy atom. The number of hydrogen-bond donors (Lipinski definition) is 2. The highest BCUT2D eigenvalue weighted by molar-refractivity contribution is 5.74. The van der Waals surface area contributed by atoms with Crippen LogP contribution in [0.4, 0.5) is 14.4 Å². The van der Waals surface area contributed by atoms with E-state index in [0.717, 1.165) is 16.0 Å². The second kappa shape index (κ2) is 10.9. The van der Waals surface area contributed by atoms with E-state index in [1.807, 2.05) is 60.7 Å². The third-order valence-corrected chi connectivity index (χ3v) is 4.71. The summed E-state index contributed by atoms with van der Waals surface area (Å²) in [5.41, 5.74) is 2.09. The van der Waals surface area contributed by atoms with Crippen LogP contribution in [0, 0.1) is 0 Å². The largest absolute Gasteiger partial charge is 0.465 e. The van der Waals surface area contributed by atoms with Crippen LogP contribution in [0.1, 0.15) is 24.5 Å². The fraction of sp³-hybridized carbons (Fsp3) is 0.261. The first-order chi connectivity index (χ1) is 15.4. The third-order valence-electron chi connectivity index (χ3n) is 4.71. The van der Waals surface area contributed by atoms with Crippen molar-refractivity contribution in [2.24, 2.45) is 0 Å². The molecule has 0 spiro atoms. The summed E-state index contributed by atoms with van der Waals surface area (Å²) in [7, 11) is 0. The zero-order valence-electron chi connectivity index (χ0n) is 17.6. The summed E-state index contributed by atoms with van der Waals surface area (Å²) in [5, 5.41) is 12.0. The zero-order valence-corrected chi connectivity index (χ0v) is 17.6. The number of nitrogens with zero attached hydrogens (tertiary/aromatic N) is 2. The molecule has 0 aromatic heterocycles. The average molecular weight is 439 g/mol. The van der Waals surface area contributed by atoms with Crippen LogP contribution in [-0.2, 0) is 22.7 Å². The zero-order chi connectivity index (χ0) is 22.9. The lowest BCUT2D eigenvalue weighted by molar-refractivity contribution is 0.0974. The maximum absolute atomic E-state index is 12.6. The second-order valence-electron chi connectivity index (χ2n) is 7.29. The maximum atomic E-state index is 12.6. The lowest BCUT2D eigenvalue weighted by atomic mass is 10.2. The molecule has 1 aliphatic rings. The first-order valence-corrected chi connectivity index (χ1v) is 10.1. The number of ether oxygens (including phenoxy) is 2. The predicted octanol–water partition coefficient (Wildman–Crippen LogP) is 4.12. The number of amides is 3. The van der Waals surface area contributed by atoms with E-state index < -0.39 is 24.3 Å². The Labute approximate surface area is 185 Å². The summed E-state index contributed by atoms with van der Waals surface area (Å²) in [6.07, 6.45) is -0.885. The summed E-state index contributed by atoms with van der Waals surface area (Å²) >= 11 is 0. The summed E-state index contributed by atoms with van der Waals surface area (Å²) in [4.78, 5) is 38.3. The van der Waals surface area contributed by atoms with Gasteiger partial charge in [-0.1, -0.05) is 60.7 Å². The smallest absolute Gasteiger partial charge is 0.415 e. The highest BCUT2D eigenvalue weighted by Gasteiger charge is 2.31. The van der Waals surface area contributed by atoms with Crippen LogP contribution in [0.3, 0.4) is 0 Å². The van der Waals surface area contributed by atoms with E-state index in [1.165, 1.54) is 11.1 Å². The standard InChI is InChI=1S/C23H25N3O6/c1-17(24-21(27)31-14-18-8-4-2-5-9-18)12-20-13-25(22(28)29)16-26(20)23(30)32-15-19-10-6-3-7-11-19/h2-11,13,17H,12,14-16H2,1H3,(H,24,27)(H,28,29)/t17-/m1/s1. The molecule has 3 amide bonds. The Morgan fingerprint density at radius 1 is 0.969 bits per heavy atom. The van der Waals surface area contributed by atoms with Gasteiger partial charge in [-0.15, -0.1) is 0 Å². The van der Waals surface area contributed by atoms with Crippen LogP contribution < -0.4 is 5.32 Å². The molecule has 0 saturated carbocycles. The van der Waals surface area contributed by atoms with Crippen molar-refractivity contribution in [1.29, 1.82) is 0 Å². The number of carboxylic acid groups (broad SMARTS) is 1. The van der Waals surface area contributed by atoms with Crippen molar-refractivity contribution < 1.29 is 29.0 Å². The molecule has 0 bridgehead atoms. The lowest BCUT2D eigenvalue weighted by Crippen LogP contribution is -2.38. The number of alkyl carbamates (subject to hydrolysis) is 1. The van der Waals surface area contributed by atoms with Crippen LogP contribution in [-0.4, -0.2) is 45.9 Å². The van der Waals surface area contributed by atoms with Gasteiger partial charge in [0.25, 0.3) is 0 Å². The van der Waals surface area contributed by atoms with Crippen molar-refractivity contribution in [3.8, 4) is 0 Å². The maximum Gasteiger partial charge on any atom is 0.415 e. The Hall–Kier alpha value is -4.01. The van der Waals surface area contributed by atoms with Crippen molar-refractivity contribution in [1.82, 2.24) is 15.1 Å². The van der Waals surface area contributed by atoms with E-state index in [1.54, 1.807) is 6.92 Å². The van der Waals surface area contributed by atoms with Gasteiger partial charge in [-0.05, 0) is 18.1 Å². The van der Waals surface area contributed by atoms with E-state index in [0.29, 0.717) is 5.70 Å². The number of benzene rings is 2. The molecule has 0 aliphatic carbocycles. The number of carbonyl (C=O) groups excluding carboxylic acids is 2. The minimum atomic E-state index is -1.19. The van der Waals surface area contributed by atoms with E-state index in [4.69, 9.17) is 9.47 Å². The predicted molar refractivity (Wildman–Crippen MR) is 115 cm³/mol. The molecule has 1 heterocycles. The molecule has 0 unspecified atom stereocenters. The van der Waals surface area contributed by atoms with Crippen LogP contribution >= 0.6 is 0 Å². The van der Waals surface area contributed by atoms with Gasteiger partial charge in [-0.25, -0.2) is 14.4 Å². The molecule has 168 valence electrons. The molecule has 1 atom stereocenters. The molecule has 2 N–H and O–H groups in total. The van der Waals surface area contributed by atoms with Crippen LogP contribution in [0.15, 0.2) is 72.6 Å². The Balaban J connectivity index is 1.54. The van der Waals surface area contributed by atoms with Gasteiger partial charge in [-0.3, -0.25) is 9.80 Å². The minimum Gasteiger partial charge on any atom is -0.465 e. The molecule has 0 radical (unpaired) electrons. The van der Waals surface area contributed by atoms with Gasteiger partial charge in [0, 0.05) is 24.4 Å². The van der Waals surface area contributed by atoms with E-state index >= 15 is 0 Å². The van der Waals surface area contributed by atoms with Gasteiger partial charge in [0.05, 0.1) is 0 Å². The van der Waals surface area contributed by atoms with Gasteiger partial charge in [-0.2, -0.15) is 0 Å². The molecule has 0 saturated heterocycles. The molecule has 2 aromatic rings. The first-order valence-electron chi connectivity index (χ1n) is 10.1. The monoisotopic (exact) mass is 439 g/mol. The molecule has 9 heteroatoms. The molecular formula is C23H25N3O6. The first kappa shape index (κ1) is 22.7. The van der Waals surface area contributed by atoms with Crippen LogP contribution in [0.2, 0.25) is 0 Å². The summed E-state index contributed by atoms with van der Waals surface area (Å²) < 4.78 is 10.5. The fourth-order valence-corrected chi connectivity index (χ4v) is 3.12. The number of hydrogen-bond acceptors (Lipinski definition) is 5. The summed E-state index contributed by atoms with van der Waals surface area (Å²) in [5.74, 6) is 0. The van der Waals surface area contributed by atoms with Crippen molar-refractivity contribution in [2.45, 2.75) is 32.6 Å². The number of rotatable bonds is 7. The molecule has 32 heavy (non-hydrogen) atoms. The highest BCUT2D eigenvalue weighted by Crippen LogP contribution is 2.22. The van der Waals surface area contributed by atoms with Gasteiger partial charge < -0.3 is 19.9 Å². The Kier molecular flexibility index (Phi) is 7.69. The molecule has 9 nitrogen and oxygen atoms in total. The fourth-order valence-electron chi connectivity index (χ4n) is 3.12.